The number of halogens is 1. The van der Waals surface area contributed by atoms with Crippen molar-refractivity contribution < 1.29 is 23.5 Å². The smallest absolute Gasteiger partial charge is 0.255 e. The summed E-state index contributed by atoms with van der Waals surface area (Å²) in [6, 6.07) is 19.0. The second-order valence-electron chi connectivity index (χ2n) is 6.31. The van der Waals surface area contributed by atoms with Crippen molar-refractivity contribution in [2.45, 2.75) is 6.92 Å². The molecule has 0 saturated heterocycles. The van der Waals surface area contributed by atoms with Gasteiger partial charge in [-0.15, -0.1) is 0 Å². The number of nitrogens with one attached hydrogen (secondary N) is 1. The highest BCUT2D eigenvalue weighted by atomic mass is 19.1. The second-order valence-corrected chi connectivity index (χ2v) is 6.31. The maximum absolute atomic E-state index is 13.8. The lowest BCUT2D eigenvalue weighted by atomic mass is 10.1. The van der Waals surface area contributed by atoms with Crippen LogP contribution < -0.4 is 10.1 Å². The number of hydrogen-bond donors (Lipinski definition) is 1. The zero-order chi connectivity index (χ0) is 20.8. The first-order chi connectivity index (χ1) is 13.9. The minimum Gasteiger partial charge on any atom is -0.485 e. The van der Waals surface area contributed by atoms with E-state index in [9.17, 15) is 18.8 Å². The van der Waals surface area contributed by atoms with Crippen LogP contribution in [0.25, 0.3) is 0 Å². The Kier molecular flexibility index (Phi) is 6.14. The van der Waals surface area contributed by atoms with Crippen LogP contribution in [0.1, 0.15) is 38.0 Å². The van der Waals surface area contributed by atoms with E-state index < -0.39 is 5.82 Å². The fraction of sp³-hybridized carbons (Fsp3) is 0.0870. The van der Waals surface area contributed by atoms with E-state index in [4.69, 9.17) is 4.74 Å². The van der Waals surface area contributed by atoms with E-state index in [1.165, 1.54) is 19.1 Å². The monoisotopic (exact) mass is 391 g/mol. The highest BCUT2D eigenvalue weighted by Gasteiger charge is 2.11. The summed E-state index contributed by atoms with van der Waals surface area (Å²) in [5, 5.41) is 2.75. The van der Waals surface area contributed by atoms with Gasteiger partial charge in [-0.3, -0.25) is 14.4 Å². The van der Waals surface area contributed by atoms with Gasteiger partial charge in [0.2, 0.25) is 0 Å². The molecule has 0 saturated carbocycles. The van der Waals surface area contributed by atoms with Crippen molar-refractivity contribution in [1.82, 2.24) is 0 Å². The predicted molar refractivity (Wildman–Crippen MR) is 107 cm³/mol. The molecule has 146 valence electrons. The summed E-state index contributed by atoms with van der Waals surface area (Å²) in [4.78, 5) is 35.7. The Balaban J connectivity index is 1.58. The molecule has 0 radical (unpaired) electrons. The molecule has 3 aromatic rings. The number of carbonyl (C=O) groups excluding carboxylic acids is 3. The van der Waals surface area contributed by atoms with Gasteiger partial charge in [-0.25, -0.2) is 4.39 Å². The third-order valence-electron chi connectivity index (χ3n) is 4.19. The van der Waals surface area contributed by atoms with Crippen molar-refractivity contribution in [3.63, 3.8) is 0 Å². The van der Waals surface area contributed by atoms with Gasteiger partial charge in [0.25, 0.3) is 5.91 Å². The number of hydrogen-bond acceptors (Lipinski definition) is 4. The van der Waals surface area contributed by atoms with Crippen LogP contribution in [0, 0.1) is 5.82 Å². The number of benzene rings is 3. The molecule has 29 heavy (non-hydrogen) atoms. The standard InChI is InChI=1S/C23H18FNO4/c1-15(26)20-12-11-19(13-21(20)24)29-14-22(27)16-7-9-18(10-8-16)25-23(28)17-5-3-2-4-6-17/h2-13H,14H2,1H3,(H,25,28). The zero-order valence-electron chi connectivity index (χ0n) is 15.6. The Hall–Kier alpha value is -3.80. The van der Waals surface area contributed by atoms with Crippen molar-refractivity contribution >= 4 is 23.2 Å². The summed E-state index contributed by atoms with van der Waals surface area (Å²) in [6.07, 6.45) is 0. The lowest BCUT2D eigenvalue weighted by Gasteiger charge is -2.08. The number of amides is 1. The normalized spacial score (nSPS) is 10.3. The average Bonchev–Trinajstić information content (AvgIpc) is 2.73. The van der Waals surface area contributed by atoms with E-state index in [2.05, 4.69) is 5.32 Å². The van der Waals surface area contributed by atoms with Crippen molar-refractivity contribution in [2.75, 3.05) is 11.9 Å². The Morgan fingerprint density at radius 3 is 2.21 bits per heavy atom. The predicted octanol–water partition coefficient (Wildman–Crippen LogP) is 4.54. The molecule has 1 amide bonds. The van der Waals surface area contributed by atoms with Gasteiger partial charge < -0.3 is 10.1 Å². The van der Waals surface area contributed by atoms with E-state index >= 15 is 0 Å². The quantitative estimate of drug-likeness (QED) is 0.600. The second kappa shape index (κ2) is 8.93. The van der Waals surface area contributed by atoms with Gasteiger partial charge in [-0.05, 0) is 55.5 Å². The summed E-state index contributed by atoms with van der Waals surface area (Å²) in [6.45, 7) is 0.989. The fourth-order valence-electron chi connectivity index (χ4n) is 2.64. The number of rotatable bonds is 7. The molecule has 0 fully saturated rings. The van der Waals surface area contributed by atoms with E-state index in [1.807, 2.05) is 6.07 Å². The van der Waals surface area contributed by atoms with Crippen LogP contribution in [-0.2, 0) is 0 Å². The van der Waals surface area contributed by atoms with Gasteiger partial charge in [-0.1, -0.05) is 18.2 Å². The summed E-state index contributed by atoms with van der Waals surface area (Å²) in [7, 11) is 0. The van der Waals surface area contributed by atoms with Crippen LogP contribution in [0.15, 0.2) is 72.8 Å². The molecule has 1 N–H and O–H groups in total. The minimum atomic E-state index is -0.694. The van der Waals surface area contributed by atoms with E-state index in [1.54, 1.807) is 48.5 Å². The molecule has 0 aliphatic rings. The number of ether oxygens (including phenoxy) is 1. The lowest BCUT2D eigenvalue weighted by Crippen LogP contribution is -2.13. The largest absolute Gasteiger partial charge is 0.485 e. The molecule has 0 heterocycles. The molecule has 3 rings (SSSR count). The molecule has 0 aliphatic carbocycles. The summed E-state index contributed by atoms with van der Waals surface area (Å²) < 4.78 is 19.1. The van der Waals surface area contributed by atoms with Gasteiger partial charge in [0, 0.05) is 22.9 Å². The SMILES string of the molecule is CC(=O)c1ccc(OCC(=O)c2ccc(NC(=O)c3ccccc3)cc2)cc1F. The molecule has 0 aliphatic heterocycles. The molecule has 0 spiro atoms. The van der Waals surface area contributed by atoms with Crippen molar-refractivity contribution in [3.8, 4) is 5.75 Å². The summed E-state index contributed by atoms with van der Waals surface area (Å²) in [5.74, 6) is -1.47. The van der Waals surface area contributed by atoms with Crippen LogP contribution in [-0.4, -0.2) is 24.1 Å². The Morgan fingerprint density at radius 1 is 0.897 bits per heavy atom. The first kappa shape index (κ1) is 19.9. The Morgan fingerprint density at radius 2 is 1.59 bits per heavy atom. The van der Waals surface area contributed by atoms with Gasteiger partial charge in [0.15, 0.2) is 18.2 Å². The lowest BCUT2D eigenvalue weighted by molar-refractivity contribution is 0.0919. The first-order valence-electron chi connectivity index (χ1n) is 8.87. The fourth-order valence-corrected chi connectivity index (χ4v) is 2.64. The number of anilines is 1. The number of ketones is 2. The highest BCUT2D eigenvalue weighted by Crippen LogP contribution is 2.18. The molecule has 3 aromatic carbocycles. The Bertz CT molecular complexity index is 1050. The molecule has 0 bridgehead atoms. The van der Waals surface area contributed by atoms with Crippen LogP contribution in [0.5, 0.6) is 5.75 Å². The summed E-state index contributed by atoms with van der Waals surface area (Å²) in [5.41, 5.74) is 1.45. The Labute approximate surface area is 167 Å². The molecule has 6 heteroatoms. The summed E-state index contributed by atoms with van der Waals surface area (Å²) >= 11 is 0. The number of carbonyl (C=O) groups is 3. The first-order valence-corrected chi connectivity index (χ1v) is 8.87. The molecule has 0 atom stereocenters. The van der Waals surface area contributed by atoms with Crippen molar-refractivity contribution in [2.24, 2.45) is 0 Å². The van der Waals surface area contributed by atoms with Gasteiger partial charge in [0.05, 0.1) is 5.56 Å². The third-order valence-corrected chi connectivity index (χ3v) is 4.19. The van der Waals surface area contributed by atoms with E-state index in [-0.39, 0.29) is 35.4 Å². The topological polar surface area (TPSA) is 72.5 Å². The van der Waals surface area contributed by atoms with Crippen molar-refractivity contribution in [3.05, 3.63) is 95.3 Å². The van der Waals surface area contributed by atoms with Crippen LogP contribution in [0.2, 0.25) is 0 Å². The van der Waals surface area contributed by atoms with E-state index in [0.29, 0.717) is 16.8 Å². The van der Waals surface area contributed by atoms with Gasteiger partial charge in [-0.2, -0.15) is 0 Å². The molecular formula is C23H18FNO4. The maximum Gasteiger partial charge on any atom is 0.255 e. The zero-order valence-corrected chi connectivity index (χ0v) is 15.6. The third kappa shape index (κ3) is 5.13. The van der Waals surface area contributed by atoms with Crippen LogP contribution in [0.3, 0.4) is 0 Å². The minimum absolute atomic E-state index is 0.0307. The maximum atomic E-state index is 13.8. The highest BCUT2D eigenvalue weighted by molar-refractivity contribution is 6.04. The molecule has 0 unspecified atom stereocenters. The van der Waals surface area contributed by atoms with Crippen LogP contribution >= 0.6 is 0 Å². The van der Waals surface area contributed by atoms with Crippen molar-refractivity contribution in [1.29, 1.82) is 0 Å². The molecule has 5 nitrogen and oxygen atoms in total. The molecular weight excluding hydrogens is 373 g/mol. The van der Waals surface area contributed by atoms with Gasteiger partial charge >= 0.3 is 0 Å². The number of Topliss-reactive ketones (excluding diaryl/α,β-unsaturated/α-hetero) is 2. The van der Waals surface area contributed by atoms with Gasteiger partial charge in [0.1, 0.15) is 11.6 Å². The molecule has 0 aromatic heterocycles. The van der Waals surface area contributed by atoms with Crippen LogP contribution in [0.4, 0.5) is 10.1 Å². The van der Waals surface area contributed by atoms with E-state index in [0.717, 1.165) is 6.07 Å². The average molecular weight is 391 g/mol.